The molecule has 1 aliphatic heterocycles. The quantitative estimate of drug-likeness (QED) is 0.307. The minimum atomic E-state index is -3.47. The fourth-order valence-corrected chi connectivity index (χ4v) is 4.57. The number of aromatic nitrogens is 8. The van der Waals surface area contributed by atoms with Gasteiger partial charge in [-0.3, -0.25) is 4.68 Å². The van der Waals surface area contributed by atoms with Gasteiger partial charge in [0.1, 0.15) is 0 Å². The minimum Gasteiger partial charge on any atom is -0.480 e. The maximum atomic E-state index is 15.6. The van der Waals surface area contributed by atoms with E-state index in [1.165, 1.54) is 50.3 Å². The van der Waals surface area contributed by atoms with Crippen LogP contribution in [0.15, 0.2) is 61.2 Å². The number of fused-ring (bicyclic) bond motifs is 1. The Kier molecular flexibility index (Phi) is 6.24. The second-order valence-electron chi connectivity index (χ2n) is 9.16. The smallest absolute Gasteiger partial charge is 0.333 e. The minimum absolute atomic E-state index is 0.175. The van der Waals surface area contributed by atoms with Gasteiger partial charge in [-0.2, -0.15) is 18.4 Å². The van der Waals surface area contributed by atoms with Gasteiger partial charge in [-0.15, -0.1) is 15.3 Å². The predicted octanol–water partition coefficient (Wildman–Crippen LogP) is 3.69. The van der Waals surface area contributed by atoms with Gasteiger partial charge in [0.05, 0.1) is 19.9 Å². The van der Waals surface area contributed by atoms with Crippen molar-refractivity contribution in [3.63, 3.8) is 0 Å². The van der Waals surface area contributed by atoms with Gasteiger partial charge in [0.15, 0.2) is 11.5 Å². The van der Waals surface area contributed by atoms with Crippen LogP contribution in [-0.4, -0.2) is 71.2 Å². The molecule has 0 radical (unpaired) electrons. The molecule has 10 nitrogen and oxygen atoms in total. The lowest BCUT2D eigenvalue weighted by atomic mass is 10.0. The number of likely N-dealkylation sites (tertiary alicyclic amines) is 1. The van der Waals surface area contributed by atoms with Crippen molar-refractivity contribution in [2.24, 2.45) is 0 Å². The summed E-state index contributed by atoms with van der Waals surface area (Å²) < 4.78 is 39.1. The molecule has 0 spiro atoms. The number of hydrogen-bond acceptors (Lipinski definition) is 8. The third-order valence-electron chi connectivity index (χ3n) is 6.67. The number of rotatable bonds is 8. The van der Waals surface area contributed by atoms with E-state index in [2.05, 4.69) is 35.3 Å². The van der Waals surface area contributed by atoms with E-state index in [9.17, 15) is 0 Å². The third kappa shape index (κ3) is 4.58. The standard InChI is InChI=1S/C26H25F2N9O/c1-38-23-8-7-22-32-33-25(37(22)34-23)26(27,28)21-6-4-5-18(13-21)24-29-14-19(15-30-24)20-16-31-36(17-20)12-11-35-9-2-3-10-35/h4-8,13-17H,2-3,9-12H2,1H3. The van der Waals surface area contributed by atoms with Crippen LogP contribution in [0.2, 0.25) is 0 Å². The van der Waals surface area contributed by atoms with Crippen LogP contribution in [0.1, 0.15) is 24.2 Å². The molecular weight excluding hydrogens is 492 g/mol. The van der Waals surface area contributed by atoms with E-state index in [-0.39, 0.29) is 17.1 Å². The average molecular weight is 518 g/mol. The highest BCUT2D eigenvalue weighted by molar-refractivity contribution is 5.63. The number of alkyl halides is 2. The number of halogens is 2. The summed E-state index contributed by atoms with van der Waals surface area (Å²) in [4.78, 5) is 11.3. The zero-order valence-corrected chi connectivity index (χ0v) is 20.7. The van der Waals surface area contributed by atoms with Crippen molar-refractivity contribution in [2.45, 2.75) is 25.3 Å². The molecule has 1 aromatic carbocycles. The second kappa shape index (κ2) is 9.86. The summed E-state index contributed by atoms with van der Waals surface area (Å²) in [6.07, 6.45) is 9.64. The highest BCUT2D eigenvalue weighted by Crippen LogP contribution is 2.36. The summed E-state index contributed by atoms with van der Waals surface area (Å²) in [6, 6.07) is 8.96. The molecule has 38 heavy (non-hydrogen) atoms. The molecule has 12 heteroatoms. The van der Waals surface area contributed by atoms with Crippen molar-refractivity contribution in [1.82, 2.24) is 44.5 Å². The molecule has 0 aliphatic carbocycles. The van der Waals surface area contributed by atoms with Crippen molar-refractivity contribution in [1.29, 1.82) is 0 Å². The molecule has 1 fully saturated rings. The predicted molar refractivity (Wildman–Crippen MR) is 135 cm³/mol. The molecular formula is C26H25F2N9O. The van der Waals surface area contributed by atoms with Crippen LogP contribution in [0.4, 0.5) is 8.78 Å². The number of benzene rings is 1. The van der Waals surface area contributed by atoms with Gasteiger partial charge in [-0.1, -0.05) is 18.2 Å². The SMILES string of the molecule is COc1ccc2nnc(C(F)(F)c3cccc(-c4ncc(-c5cnn(CCN6CCCC6)c5)cn4)c3)n2n1. The Morgan fingerprint density at radius 2 is 1.74 bits per heavy atom. The molecule has 6 rings (SSSR count). The Morgan fingerprint density at radius 3 is 2.53 bits per heavy atom. The number of ether oxygens (including phenoxy) is 1. The molecule has 4 aromatic heterocycles. The molecule has 0 bridgehead atoms. The van der Waals surface area contributed by atoms with Crippen LogP contribution < -0.4 is 4.74 Å². The summed E-state index contributed by atoms with van der Waals surface area (Å²) >= 11 is 0. The average Bonchev–Trinajstić information content (AvgIpc) is 3.73. The van der Waals surface area contributed by atoms with Crippen molar-refractivity contribution in [3.8, 4) is 28.4 Å². The first-order valence-corrected chi connectivity index (χ1v) is 12.3. The van der Waals surface area contributed by atoms with E-state index in [1.807, 2.05) is 10.9 Å². The largest absolute Gasteiger partial charge is 0.480 e. The fourth-order valence-electron chi connectivity index (χ4n) is 4.57. The van der Waals surface area contributed by atoms with Crippen molar-refractivity contribution >= 4 is 5.65 Å². The number of methoxy groups -OCH3 is 1. The molecule has 1 saturated heterocycles. The molecule has 5 aromatic rings. The molecule has 194 valence electrons. The normalized spacial score (nSPS) is 14.4. The van der Waals surface area contributed by atoms with E-state index in [0.29, 0.717) is 11.4 Å². The lowest BCUT2D eigenvalue weighted by molar-refractivity contribution is 0.0305. The molecule has 0 N–H and O–H groups in total. The van der Waals surface area contributed by atoms with Crippen LogP contribution in [0.3, 0.4) is 0 Å². The van der Waals surface area contributed by atoms with E-state index in [1.54, 1.807) is 24.7 Å². The van der Waals surface area contributed by atoms with Gasteiger partial charge in [0.25, 0.3) is 0 Å². The van der Waals surface area contributed by atoms with E-state index >= 15 is 8.78 Å². The molecule has 0 unspecified atom stereocenters. The van der Waals surface area contributed by atoms with E-state index < -0.39 is 11.7 Å². The monoisotopic (exact) mass is 517 g/mol. The first kappa shape index (κ1) is 24.0. The third-order valence-corrected chi connectivity index (χ3v) is 6.67. The number of hydrogen-bond donors (Lipinski definition) is 0. The van der Waals surface area contributed by atoms with Gasteiger partial charge in [-0.25, -0.2) is 9.97 Å². The van der Waals surface area contributed by atoms with Gasteiger partial charge in [0, 0.05) is 53.5 Å². The first-order chi connectivity index (χ1) is 18.5. The lowest BCUT2D eigenvalue weighted by Crippen LogP contribution is -2.24. The summed E-state index contributed by atoms with van der Waals surface area (Å²) in [5.41, 5.74) is 2.07. The second-order valence-corrected chi connectivity index (χ2v) is 9.16. The summed E-state index contributed by atoms with van der Waals surface area (Å²) in [5, 5.41) is 16.0. The van der Waals surface area contributed by atoms with E-state index in [0.717, 1.165) is 41.8 Å². The molecule has 5 heterocycles. The van der Waals surface area contributed by atoms with Crippen LogP contribution in [0, 0.1) is 0 Å². The zero-order chi connectivity index (χ0) is 26.1. The maximum absolute atomic E-state index is 15.6. The first-order valence-electron chi connectivity index (χ1n) is 12.3. The van der Waals surface area contributed by atoms with Crippen LogP contribution in [-0.2, 0) is 12.5 Å². The zero-order valence-electron chi connectivity index (χ0n) is 20.7. The van der Waals surface area contributed by atoms with Gasteiger partial charge in [-0.05, 0) is 38.1 Å². The molecule has 0 amide bonds. The van der Waals surface area contributed by atoms with Crippen molar-refractivity contribution in [2.75, 3.05) is 26.7 Å². The topological polar surface area (TPSA) is 99.1 Å². The highest BCUT2D eigenvalue weighted by atomic mass is 19.3. The molecule has 1 aliphatic rings. The van der Waals surface area contributed by atoms with Crippen molar-refractivity contribution < 1.29 is 13.5 Å². The summed E-state index contributed by atoms with van der Waals surface area (Å²) in [7, 11) is 1.41. The summed E-state index contributed by atoms with van der Waals surface area (Å²) in [6.45, 7) is 4.10. The number of nitrogens with zero attached hydrogens (tertiary/aromatic N) is 9. The summed E-state index contributed by atoms with van der Waals surface area (Å²) in [5.74, 6) is -3.58. The Morgan fingerprint density at radius 1 is 0.921 bits per heavy atom. The maximum Gasteiger partial charge on any atom is 0.333 e. The highest BCUT2D eigenvalue weighted by Gasteiger charge is 2.40. The Bertz CT molecular complexity index is 1560. The molecule has 0 saturated carbocycles. The van der Waals surface area contributed by atoms with Crippen LogP contribution in [0.25, 0.3) is 28.2 Å². The Hall–Kier alpha value is -4.32. The van der Waals surface area contributed by atoms with Gasteiger partial charge < -0.3 is 9.64 Å². The fraction of sp³-hybridized carbons (Fsp3) is 0.308. The van der Waals surface area contributed by atoms with Crippen LogP contribution >= 0.6 is 0 Å². The van der Waals surface area contributed by atoms with Gasteiger partial charge in [0.2, 0.25) is 11.7 Å². The van der Waals surface area contributed by atoms with Crippen LogP contribution in [0.5, 0.6) is 5.88 Å². The van der Waals surface area contributed by atoms with Crippen molar-refractivity contribution in [3.05, 3.63) is 72.6 Å². The Labute approximate surface area is 216 Å². The lowest BCUT2D eigenvalue weighted by Gasteiger charge is -2.15. The van der Waals surface area contributed by atoms with E-state index in [4.69, 9.17) is 4.74 Å². The van der Waals surface area contributed by atoms with Gasteiger partial charge >= 0.3 is 5.92 Å². The Balaban J connectivity index is 1.22. The molecule has 0 atom stereocenters.